The van der Waals surface area contributed by atoms with E-state index in [1.54, 1.807) is 18.2 Å². The van der Waals surface area contributed by atoms with Crippen LogP contribution in [0.4, 0.5) is 0 Å². The maximum absolute atomic E-state index is 10.4. The minimum atomic E-state index is -4.00. The van der Waals surface area contributed by atoms with Crippen molar-refractivity contribution < 1.29 is 18.1 Å². The Morgan fingerprint density at radius 3 is 1.78 bits per heavy atom. The summed E-state index contributed by atoms with van der Waals surface area (Å²) in [5, 5.41) is 12.3. The van der Waals surface area contributed by atoms with Crippen molar-refractivity contribution in [2.45, 2.75) is 89.1 Å². The molecule has 0 aliphatic carbocycles. The van der Waals surface area contributed by atoms with Crippen LogP contribution in [0.2, 0.25) is 0 Å². The van der Waals surface area contributed by atoms with Crippen LogP contribution in [0.25, 0.3) is 0 Å². The average Bonchev–Trinajstić information content (AvgIpc) is 2.63. The molecule has 6 heteroatoms. The predicted octanol–water partition coefficient (Wildman–Crippen LogP) is 4.81. The molecule has 1 atom stereocenters. The molecule has 1 rings (SSSR count). The Balaban J connectivity index is 0.000000569. The highest BCUT2D eigenvalue weighted by molar-refractivity contribution is 7.85. The van der Waals surface area contributed by atoms with Gasteiger partial charge >= 0.3 is 0 Å². The van der Waals surface area contributed by atoms with Crippen LogP contribution < -0.4 is 5.32 Å². The van der Waals surface area contributed by atoms with Crippen molar-refractivity contribution in [2.75, 3.05) is 13.1 Å². The van der Waals surface area contributed by atoms with E-state index >= 15 is 0 Å². The maximum atomic E-state index is 10.4. The number of aliphatic hydroxyl groups excluding tert-OH is 1. The van der Waals surface area contributed by atoms with Gasteiger partial charge in [0.1, 0.15) is 0 Å². The summed E-state index contributed by atoms with van der Waals surface area (Å²) in [6, 6.07) is 7.42. The zero-order valence-corrected chi connectivity index (χ0v) is 17.9. The van der Waals surface area contributed by atoms with Crippen LogP contribution >= 0.6 is 0 Å². The van der Waals surface area contributed by atoms with Crippen molar-refractivity contribution in [1.82, 2.24) is 5.32 Å². The van der Waals surface area contributed by atoms with Crippen LogP contribution in [-0.2, 0) is 10.1 Å². The Bertz CT molecular complexity index is 532. The molecule has 3 N–H and O–H groups in total. The number of hydrogen-bond acceptors (Lipinski definition) is 4. The van der Waals surface area contributed by atoms with Gasteiger partial charge in [-0.05, 0) is 32.0 Å². The lowest BCUT2D eigenvalue weighted by molar-refractivity contribution is 0.191. The van der Waals surface area contributed by atoms with Crippen LogP contribution in [0.3, 0.4) is 0 Å². The van der Waals surface area contributed by atoms with Gasteiger partial charge in [-0.3, -0.25) is 4.55 Å². The van der Waals surface area contributed by atoms with Crippen LogP contribution in [-0.4, -0.2) is 37.3 Å². The summed E-state index contributed by atoms with van der Waals surface area (Å²) < 4.78 is 29.2. The number of unbranched alkanes of at least 4 members (excludes halogenated alkanes) is 9. The minimum Gasteiger partial charge on any atom is -0.392 e. The first-order valence-electron chi connectivity index (χ1n) is 10.3. The summed E-state index contributed by atoms with van der Waals surface area (Å²) in [6.45, 7) is 5.88. The molecule has 1 aromatic rings. The second-order valence-corrected chi connectivity index (χ2v) is 8.44. The summed E-state index contributed by atoms with van der Waals surface area (Å²) in [5.74, 6) is 0. The second kappa shape index (κ2) is 17.2. The standard InChI is InChI=1S/C15H33NO.C6H6O3S/c1-3-4-5-6-7-8-9-10-11-12-13-16-14-15(2)17;7-10(8,9)6-4-2-1-3-5-6/h15-17H,3-14H2,1-2H3;1-5H,(H,7,8,9). The average molecular weight is 402 g/mol. The molecule has 0 aliphatic heterocycles. The van der Waals surface area contributed by atoms with Crippen LogP contribution in [0.5, 0.6) is 0 Å². The normalized spacial score (nSPS) is 12.3. The van der Waals surface area contributed by atoms with Gasteiger partial charge in [-0.15, -0.1) is 0 Å². The summed E-state index contributed by atoms with van der Waals surface area (Å²) >= 11 is 0. The Morgan fingerprint density at radius 1 is 0.889 bits per heavy atom. The fourth-order valence-electron chi connectivity index (χ4n) is 2.64. The van der Waals surface area contributed by atoms with Crippen molar-refractivity contribution >= 4 is 10.1 Å². The largest absolute Gasteiger partial charge is 0.392 e. The third kappa shape index (κ3) is 18.2. The van der Waals surface area contributed by atoms with Crippen LogP contribution in [0.1, 0.15) is 78.1 Å². The SMILES string of the molecule is CCCCCCCCCCCCNCC(C)O.O=S(=O)(O)c1ccccc1. The lowest BCUT2D eigenvalue weighted by atomic mass is 10.1. The zero-order valence-electron chi connectivity index (χ0n) is 17.1. The molecule has 0 fully saturated rings. The van der Waals surface area contributed by atoms with E-state index in [0.29, 0.717) is 0 Å². The lowest BCUT2D eigenvalue weighted by Crippen LogP contribution is -2.25. The first kappa shape index (κ1) is 26.1. The summed E-state index contributed by atoms with van der Waals surface area (Å²) in [5.41, 5.74) is 0. The fraction of sp³-hybridized carbons (Fsp3) is 0.714. The molecule has 0 radical (unpaired) electrons. The first-order valence-corrected chi connectivity index (χ1v) is 11.7. The lowest BCUT2D eigenvalue weighted by Gasteiger charge is -2.06. The summed E-state index contributed by atoms with van der Waals surface area (Å²) in [4.78, 5) is -0.0741. The first-order chi connectivity index (χ1) is 12.9. The Labute approximate surface area is 166 Å². The van der Waals surface area contributed by atoms with Gasteiger partial charge in [0.2, 0.25) is 0 Å². The van der Waals surface area contributed by atoms with Crippen LogP contribution in [0.15, 0.2) is 35.2 Å². The van der Waals surface area contributed by atoms with Crippen molar-refractivity contribution in [3.63, 3.8) is 0 Å². The number of benzene rings is 1. The van der Waals surface area contributed by atoms with Crippen molar-refractivity contribution in [3.05, 3.63) is 30.3 Å². The highest BCUT2D eigenvalue weighted by Gasteiger charge is 2.05. The molecule has 158 valence electrons. The van der Waals surface area contributed by atoms with E-state index in [2.05, 4.69) is 12.2 Å². The molecular weight excluding hydrogens is 362 g/mol. The van der Waals surface area contributed by atoms with E-state index in [4.69, 9.17) is 9.66 Å². The van der Waals surface area contributed by atoms with Gasteiger partial charge in [-0.2, -0.15) is 8.42 Å². The Kier molecular flexibility index (Phi) is 16.6. The highest BCUT2D eigenvalue weighted by atomic mass is 32.2. The van der Waals surface area contributed by atoms with Gasteiger partial charge in [0.25, 0.3) is 10.1 Å². The van der Waals surface area contributed by atoms with E-state index in [0.717, 1.165) is 13.1 Å². The number of aliphatic hydroxyl groups is 1. The summed E-state index contributed by atoms with van der Waals surface area (Å²) in [7, 11) is -4.00. The van der Waals surface area contributed by atoms with E-state index in [-0.39, 0.29) is 11.0 Å². The molecule has 0 heterocycles. The number of nitrogens with one attached hydrogen (secondary N) is 1. The number of rotatable bonds is 14. The monoisotopic (exact) mass is 401 g/mol. The van der Waals surface area contributed by atoms with E-state index in [9.17, 15) is 8.42 Å². The molecule has 0 aromatic heterocycles. The second-order valence-electron chi connectivity index (χ2n) is 7.02. The molecule has 0 amide bonds. The smallest absolute Gasteiger partial charge is 0.294 e. The molecule has 0 spiro atoms. The third-order valence-electron chi connectivity index (χ3n) is 4.19. The minimum absolute atomic E-state index is 0.0741. The third-order valence-corrected chi connectivity index (χ3v) is 5.06. The number of hydrogen-bond donors (Lipinski definition) is 3. The Hall–Kier alpha value is -0.950. The quantitative estimate of drug-likeness (QED) is 0.307. The molecule has 1 unspecified atom stereocenters. The van der Waals surface area contributed by atoms with Gasteiger partial charge in [0, 0.05) is 6.54 Å². The van der Waals surface area contributed by atoms with Gasteiger partial charge < -0.3 is 10.4 Å². The van der Waals surface area contributed by atoms with Gasteiger partial charge in [0.15, 0.2) is 0 Å². The van der Waals surface area contributed by atoms with Gasteiger partial charge in [0.05, 0.1) is 11.0 Å². The molecule has 1 aromatic carbocycles. The molecule has 0 saturated carbocycles. The van der Waals surface area contributed by atoms with E-state index in [1.807, 2.05) is 6.92 Å². The highest BCUT2D eigenvalue weighted by Crippen LogP contribution is 2.10. The Morgan fingerprint density at radius 2 is 1.37 bits per heavy atom. The van der Waals surface area contributed by atoms with Crippen molar-refractivity contribution in [3.8, 4) is 0 Å². The fourth-order valence-corrected chi connectivity index (χ4v) is 3.14. The summed E-state index contributed by atoms with van der Waals surface area (Å²) in [6.07, 6.45) is 13.6. The maximum Gasteiger partial charge on any atom is 0.294 e. The molecular formula is C21H39NO4S. The molecule has 5 nitrogen and oxygen atoms in total. The van der Waals surface area contributed by atoms with Gasteiger partial charge in [-0.25, -0.2) is 0 Å². The topological polar surface area (TPSA) is 86.6 Å². The van der Waals surface area contributed by atoms with Gasteiger partial charge in [-0.1, -0.05) is 82.9 Å². The molecule has 0 aliphatic rings. The molecule has 0 bridgehead atoms. The predicted molar refractivity (Wildman–Crippen MR) is 113 cm³/mol. The molecule has 27 heavy (non-hydrogen) atoms. The van der Waals surface area contributed by atoms with Crippen molar-refractivity contribution in [1.29, 1.82) is 0 Å². The van der Waals surface area contributed by atoms with Crippen LogP contribution in [0, 0.1) is 0 Å². The van der Waals surface area contributed by atoms with E-state index in [1.165, 1.54) is 76.3 Å². The van der Waals surface area contributed by atoms with E-state index < -0.39 is 10.1 Å². The zero-order chi connectivity index (χ0) is 20.4. The molecule has 0 saturated heterocycles. The van der Waals surface area contributed by atoms with Crippen molar-refractivity contribution in [2.24, 2.45) is 0 Å².